The van der Waals surface area contributed by atoms with Crippen molar-refractivity contribution < 1.29 is 44.3 Å². The van der Waals surface area contributed by atoms with Gasteiger partial charge >= 0.3 is 29.6 Å². The van der Waals surface area contributed by atoms with E-state index in [1.807, 2.05) is 42.5 Å². The molecule has 146 valence electrons. The van der Waals surface area contributed by atoms with Gasteiger partial charge in [0.2, 0.25) is 0 Å². The molecule has 4 rings (SSSR count). The number of nitrogens with zero attached hydrogens (tertiary/aromatic N) is 5. The molecule has 0 unspecified atom stereocenters. The Kier molecular flexibility index (Phi) is 8.93. The fraction of sp³-hybridized carbons (Fsp3) is 0.0526. The van der Waals surface area contributed by atoms with Gasteiger partial charge in [-0.3, -0.25) is 14.6 Å². The predicted molar refractivity (Wildman–Crippen MR) is 109 cm³/mol. The number of thioether (sulfide) groups is 1. The van der Waals surface area contributed by atoms with Gasteiger partial charge < -0.3 is 10.4 Å². The maximum atomic E-state index is 12.2. The van der Waals surface area contributed by atoms with E-state index in [2.05, 4.69) is 31.9 Å². The molecule has 1 aromatic heterocycles. The van der Waals surface area contributed by atoms with Gasteiger partial charge in [0.25, 0.3) is 11.9 Å². The van der Waals surface area contributed by atoms with Crippen LogP contribution in [0.25, 0.3) is 11.8 Å². The molecule has 0 atom stereocenters. The van der Waals surface area contributed by atoms with Crippen LogP contribution in [0.4, 0.5) is 5.69 Å². The Morgan fingerprint density at radius 3 is 2.70 bits per heavy atom. The van der Waals surface area contributed by atoms with Crippen LogP contribution in [0.3, 0.4) is 0 Å². The summed E-state index contributed by atoms with van der Waals surface area (Å²) < 4.78 is 1.56. The molecule has 0 aliphatic carbocycles. The SMILES string of the molecule is CC(=O)O.O=C1NC(=Nc2cc[c-]cc2)SC1=Cc1cccc(-n2cnnn2)c1.[Na+]. The Labute approximate surface area is 198 Å². The van der Waals surface area contributed by atoms with Gasteiger partial charge in [-0.15, -0.1) is 17.2 Å². The van der Waals surface area contributed by atoms with Gasteiger partial charge in [-0.25, -0.2) is 4.68 Å². The van der Waals surface area contributed by atoms with E-state index in [0.717, 1.165) is 23.9 Å². The molecule has 1 saturated heterocycles. The van der Waals surface area contributed by atoms with Gasteiger partial charge in [0.05, 0.1) is 10.6 Å². The van der Waals surface area contributed by atoms with Crippen molar-refractivity contribution in [1.29, 1.82) is 0 Å². The van der Waals surface area contributed by atoms with Crippen LogP contribution in [0.15, 0.2) is 64.8 Å². The number of aromatic nitrogens is 4. The van der Waals surface area contributed by atoms with E-state index in [4.69, 9.17) is 9.90 Å². The minimum atomic E-state index is -0.833. The van der Waals surface area contributed by atoms with Crippen LogP contribution in [0.2, 0.25) is 0 Å². The smallest absolute Gasteiger partial charge is 0.481 e. The first-order valence-electron chi connectivity index (χ1n) is 8.30. The van der Waals surface area contributed by atoms with E-state index in [1.54, 1.807) is 16.8 Å². The summed E-state index contributed by atoms with van der Waals surface area (Å²) in [5.74, 6) is -1.00. The van der Waals surface area contributed by atoms with Gasteiger partial charge in [-0.05, 0) is 51.6 Å². The van der Waals surface area contributed by atoms with Crippen molar-refractivity contribution in [3.8, 4) is 5.69 Å². The second-order valence-corrected chi connectivity index (χ2v) is 6.64. The number of carbonyl (C=O) groups excluding carboxylic acids is 1. The number of tetrazole rings is 1. The Balaban J connectivity index is 0.000000591. The van der Waals surface area contributed by atoms with E-state index in [9.17, 15) is 4.79 Å². The van der Waals surface area contributed by atoms with Gasteiger partial charge in [0, 0.05) is 6.92 Å². The monoisotopic (exact) mass is 430 g/mol. The van der Waals surface area contributed by atoms with E-state index in [-0.39, 0.29) is 35.5 Å². The number of aliphatic carboxylic acids is 1. The molecule has 11 heteroatoms. The number of nitrogens with one attached hydrogen (secondary N) is 1. The first-order chi connectivity index (χ1) is 14.0. The standard InChI is InChI=1S/C17H11N6OS.C2H4O2.Na/c24-16-15(25-17(20-16)19-13-6-2-1-3-7-13)10-12-5-4-8-14(9-12)23-11-18-21-22-23;1-2(3)4;/h2-11H,(H,19,20,24);1H3,(H,3,4);/q-1;;+1. The molecule has 9 nitrogen and oxygen atoms in total. The summed E-state index contributed by atoms with van der Waals surface area (Å²) in [6.07, 6.45) is 3.33. The Morgan fingerprint density at radius 1 is 1.30 bits per heavy atom. The normalized spacial score (nSPS) is 15.2. The van der Waals surface area contributed by atoms with Crippen LogP contribution in [-0.2, 0) is 9.59 Å². The third-order valence-electron chi connectivity index (χ3n) is 3.36. The Hall–Kier alpha value is -2.79. The van der Waals surface area contributed by atoms with Crippen molar-refractivity contribution in [3.63, 3.8) is 0 Å². The fourth-order valence-corrected chi connectivity index (χ4v) is 3.08. The molecular formula is C19H15N6NaO3S. The van der Waals surface area contributed by atoms with Crippen molar-refractivity contribution in [2.24, 2.45) is 4.99 Å². The maximum Gasteiger partial charge on any atom is 1.00 e. The van der Waals surface area contributed by atoms with Gasteiger partial charge in [-0.2, -0.15) is 18.2 Å². The zero-order chi connectivity index (χ0) is 20.6. The first kappa shape index (κ1) is 23.5. The molecular weight excluding hydrogens is 415 g/mol. The number of carboxylic acid groups (broad SMARTS) is 1. The minimum Gasteiger partial charge on any atom is -0.481 e. The molecule has 0 radical (unpaired) electrons. The van der Waals surface area contributed by atoms with E-state index in [0.29, 0.717) is 10.1 Å². The summed E-state index contributed by atoms with van der Waals surface area (Å²) in [6, 6.07) is 17.7. The number of amides is 1. The fourth-order valence-electron chi connectivity index (χ4n) is 2.24. The first-order valence-corrected chi connectivity index (χ1v) is 9.11. The van der Waals surface area contributed by atoms with Gasteiger partial charge in [0.15, 0.2) is 5.17 Å². The van der Waals surface area contributed by atoms with Crippen LogP contribution in [0, 0.1) is 6.07 Å². The molecule has 1 fully saturated rings. The van der Waals surface area contributed by atoms with Crippen LogP contribution < -0.4 is 34.9 Å². The summed E-state index contributed by atoms with van der Waals surface area (Å²) in [7, 11) is 0. The van der Waals surface area contributed by atoms with E-state index in [1.165, 1.54) is 18.1 Å². The molecule has 2 heterocycles. The summed E-state index contributed by atoms with van der Waals surface area (Å²) >= 11 is 1.30. The van der Waals surface area contributed by atoms with E-state index < -0.39 is 5.97 Å². The average Bonchev–Trinajstić information content (AvgIpc) is 3.33. The van der Waals surface area contributed by atoms with Crippen LogP contribution in [0.5, 0.6) is 0 Å². The van der Waals surface area contributed by atoms with Crippen molar-refractivity contribution in [2.45, 2.75) is 6.92 Å². The Morgan fingerprint density at radius 2 is 2.03 bits per heavy atom. The minimum absolute atomic E-state index is 0. The van der Waals surface area contributed by atoms with Crippen molar-refractivity contribution >= 4 is 40.6 Å². The number of rotatable bonds is 3. The predicted octanol–water partition coefficient (Wildman–Crippen LogP) is -0.551. The largest absolute Gasteiger partial charge is 1.00 e. The maximum absolute atomic E-state index is 12.2. The third-order valence-corrected chi connectivity index (χ3v) is 4.27. The van der Waals surface area contributed by atoms with Crippen molar-refractivity contribution in [3.05, 3.63) is 71.4 Å². The molecule has 2 N–H and O–H groups in total. The molecule has 1 aliphatic rings. The number of aliphatic imine (C=N–C) groups is 1. The average molecular weight is 430 g/mol. The zero-order valence-corrected chi connectivity index (χ0v) is 19.0. The number of carboxylic acids is 1. The number of carbonyl (C=O) groups is 2. The number of amidine groups is 1. The van der Waals surface area contributed by atoms with Crippen LogP contribution >= 0.6 is 11.8 Å². The van der Waals surface area contributed by atoms with Crippen LogP contribution in [0.1, 0.15) is 12.5 Å². The summed E-state index contributed by atoms with van der Waals surface area (Å²) in [5.41, 5.74) is 2.46. The molecule has 3 aromatic rings. The number of benzene rings is 2. The molecule has 1 amide bonds. The number of hydrogen-bond donors (Lipinski definition) is 2. The summed E-state index contributed by atoms with van der Waals surface area (Å²) in [5, 5.41) is 21.9. The molecule has 0 spiro atoms. The quantitative estimate of drug-likeness (QED) is 0.325. The molecule has 0 bridgehead atoms. The molecule has 0 saturated carbocycles. The van der Waals surface area contributed by atoms with Crippen molar-refractivity contribution in [2.75, 3.05) is 0 Å². The number of hydrogen-bond acceptors (Lipinski definition) is 7. The van der Waals surface area contributed by atoms with Gasteiger partial charge in [0.1, 0.15) is 6.33 Å². The van der Waals surface area contributed by atoms with Crippen LogP contribution in [-0.4, -0.2) is 42.4 Å². The summed E-state index contributed by atoms with van der Waals surface area (Å²) in [6.45, 7) is 1.08. The third kappa shape index (κ3) is 6.92. The van der Waals surface area contributed by atoms with Crippen molar-refractivity contribution in [1.82, 2.24) is 25.5 Å². The second-order valence-electron chi connectivity index (χ2n) is 5.61. The van der Waals surface area contributed by atoms with Gasteiger partial charge in [-0.1, -0.05) is 12.1 Å². The molecule has 30 heavy (non-hydrogen) atoms. The summed E-state index contributed by atoms with van der Waals surface area (Å²) in [4.78, 5) is 26.2. The Bertz CT molecular complexity index is 1070. The second kappa shape index (κ2) is 11.4. The molecule has 2 aromatic carbocycles. The van der Waals surface area contributed by atoms with E-state index >= 15 is 0 Å². The zero-order valence-electron chi connectivity index (χ0n) is 16.2. The topological polar surface area (TPSA) is 122 Å². The molecule has 1 aliphatic heterocycles.